The van der Waals surface area contributed by atoms with Gasteiger partial charge in [0, 0.05) is 38.8 Å². The molecule has 0 spiro atoms. The summed E-state index contributed by atoms with van der Waals surface area (Å²) in [4.78, 5) is 20.7. The van der Waals surface area contributed by atoms with Crippen LogP contribution >= 0.6 is 0 Å². The van der Waals surface area contributed by atoms with Gasteiger partial charge in [0.05, 0.1) is 0 Å². The Hall–Kier alpha value is -1.58. The van der Waals surface area contributed by atoms with E-state index in [4.69, 9.17) is 0 Å². The Bertz CT molecular complexity index is 437. The van der Waals surface area contributed by atoms with Gasteiger partial charge in [-0.25, -0.2) is 4.98 Å². The number of carbonyl (C=O) groups is 1. The Balaban J connectivity index is 1.92. The van der Waals surface area contributed by atoms with Gasteiger partial charge >= 0.3 is 0 Å². The van der Waals surface area contributed by atoms with Crippen LogP contribution in [-0.4, -0.2) is 42.0 Å². The lowest BCUT2D eigenvalue weighted by molar-refractivity contribution is -0.130. The summed E-state index contributed by atoms with van der Waals surface area (Å²) in [5.41, 5.74) is 1.20. The molecule has 1 aromatic heterocycles. The van der Waals surface area contributed by atoms with E-state index in [-0.39, 0.29) is 0 Å². The van der Waals surface area contributed by atoms with Crippen molar-refractivity contribution in [2.24, 2.45) is 0 Å². The fourth-order valence-corrected chi connectivity index (χ4v) is 2.71. The predicted octanol–water partition coefficient (Wildman–Crippen LogP) is 2.48. The van der Waals surface area contributed by atoms with E-state index in [1.54, 1.807) is 0 Å². The molecular formula is C16H25N3O. The fraction of sp³-hybridized carbons (Fsp3) is 0.625. The van der Waals surface area contributed by atoms with Gasteiger partial charge in [-0.2, -0.15) is 0 Å². The number of pyridine rings is 1. The average molecular weight is 275 g/mol. The molecule has 0 bridgehead atoms. The minimum atomic E-state index is 0.295. The Labute approximate surface area is 121 Å². The molecule has 1 aliphatic rings. The second kappa shape index (κ2) is 7.27. The molecule has 4 nitrogen and oxygen atoms in total. The quantitative estimate of drug-likeness (QED) is 0.800. The van der Waals surface area contributed by atoms with Crippen molar-refractivity contribution in [1.29, 1.82) is 0 Å². The minimum absolute atomic E-state index is 0.295. The van der Waals surface area contributed by atoms with Crippen LogP contribution in [0, 0.1) is 0 Å². The molecule has 1 fully saturated rings. The number of nitrogens with zero attached hydrogens (tertiary/aromatic N) is 3. The molecule has 0 N–H and O–H groups in total. The van der Waals surface area contributed by atoms with Crippen molar-refractivity contribution in [2.45, 2.75) is 39.5 Å². The van der Waals surface area contributed by atoms with Gasteiger partial charge in [0.15, 0.2) is 0 Å². The maximum Gasteiger partial charge on any atom is 0.222 e. The van der Waals surface area contributed by atoms with Crippen LogP contribution in [0.5, 0.6) is 0 Å². The van der Waals surface area contributed by atoms with Crippen LogP contribution in [0.1, 0.15) is 38.7 Å². The molecule has 0 radical (unpaired) electrons. The molecule has 20 heavy (non-hydrogen) atoms. The molecule has 1 amide bonds. The normalized spacial score (nSPS) is 14.6. The maximum absolute atomic E-state index is 12.0. The third-order valence-corrected chi connectivity index (χ3v) is 3.98. The number of aryl methyl sites for hydroxylation is 1. The molecule has 1 saturated heterocycles. The molecule has 1 aliphatic heterocycles. The van der Waals surface area contributed by atoms with E-state index >= 15 is 0 Å². The van der Waals surface area contributed by atoms with Crippen LogP contribution < -0.4 is 4.90 Å². The Morgan fingerprint density at radius 1 is 1.30 bits per heavy atom. The van der Waals surface area contributed by atoms with Crippen LogP contribution in [0.2, 0.25) is 0 Å². The van der Waals surface area contributed by atoms with E-state index in [0.717, 1.165) is 51.3 Å². The molecule has 2 rings (SSSR count). The SMILES string of the molecule is CCN(CC)c1cc(CCC(=O)N2CCCC2)ccn1. The number of hydrogen-bond acceptors (Lipinski definition) is 3. The molecule has 0 aromatic carbocycles. The van der Waals surface area contributed by atoms with Crippen molar-refractivity contribution in [1.82, 2.24) is 9.88 Å². The molecule has 2 heterocycles. The van der Waals surface area contributed by atoms with E-state index in [2.05, 4.69) is 29.8 Å². The monoisotopic (exact) mass is 275 g/mol. The van der Waals surface area contributed by atoms with Crippen molar-refractivity contribution >= 4 is 11.7 Å². The molecular weight excluding hydrogens is 250 g/mol. The van der Waals surface area contributed by atoms with Crippen molar-refractivity contribution in [2.75, 3.05) is 31.1 Å². The molecule has 0 atom stereocenters. The Kier molecular flexibility index (Phi) is 5.39. The van der Waals surface area contributed by atoms with Gasteiger partial charge < -0.3 is 9.80 Å². The van der Waals surface area contributed by atoms with Gasteiger partial charge in [0.25, 0.3) is 0 Å². The zero-order valence-corrected chi connectivity index (χ0v) is 12.6. The molecule has 1 aromatic rings. The van der Waals surface area contributed by atoms with Gasteiger partial charge in [-0.15, -0.1) is 0 Å². The van der Waals surface area contributed by atoms with Crippen molar-refractivity contribution in [3.63, 3.8) is 0 Å². The van der Waals surface area contributed by atoms with Crippen LogP contribution in [0.15, 0.2) is 18.3 Å². The number of carbonyl (C=O) groups excluding carboxylic acids is 1. The highest BCUT2D eigenvalue weighted by molar-refractivity contribution is 5.76. The molecule has 110 valence electrons. The van der Waals surface area contributed by atoms with Crippen LogP contribution in [0.3, 0.4) is 0 Å². The minimum Gasteiger partial charge on any atom is -0.357 e. The fourth-order valence-electron chi connectivity index (χ4n) is 2.71. The van der Waals surface area contributed by atoms with Crippen LogP contribution in [0.4, 0.5) is 5.82 Å². The standard InChI is InChI=1S/C16H25N3O/c1-3-18(4-2)15-13-14(9-10-17-15)7-8-16(20)19-11-5-6-12-19/h9-10,13H,3-8,11-12H2,1-2H3. The molecule has 0 unspecified atom stereocenters. The van der Waals surface area contributed by atoms with E-state index < -0.39 is 0 Å². The van der Waals surface area contributed by atoms with E-state index in [9.17, 15) is 4.79 Å². The van der Waals surface area contributed by atoms with Crippen molar-refractivity contribution in [3.05, 3.63) is 23.9 Å². The first kappa shape index (κ1) is 14.8. The number of aromatic nitrogens is 1. The summed E-state index contributed by atoms with van der Waals surface area (Å²) in [7, 11) is 0. The number of hydrogen-bond donors (Lipinski definition) is 0. The second-order valence-electron chi connectivity index (χ2n) is 5.28. The number of rotatable bonds is 6. The van der Waals surface area contributed by atoms with Gasteiger partial charge in [-0.05, 0) is 50.8 Å². The molecule has 0 aliphatic carbocycles. The van der Waals surface area contributed by atoms with Gasteiger partial charge in [0.2, 0.25) is 5.91 Å². The second-order valence-corrected chi connectivity index (χ2v) is 5.28. The zero-order chi connectivity index (χ0) is 14.4. The third kappa shape index (κ3) is 3.71. The van der Waals surface area contributed by atoms with E-state index in [0.29, 0.717) is 12.3 Å². The zero-order valence-electron chi connectivity index (χ0n) is 12.6. The smallest absolute Gasteiger partial charge is 0.222 e. The summed E-state index contributed by atoms with van der Waals surface area (Å²) >= 11 is 0. The maximum atomic E-state index is 12.0. The summed E-state index contributed by atoms with van der Waals surface area (Å²) in [6.45, 7) is 8.07. The number of anilines is 1. The van der Waals surface area contributed by atoms with Crippen LogP contribution in [0.25, 0.3) is 0 Å². The summed E-state index contributed by atoms with van der Waals surface area (Å²) in [5, 5.41) is 0. The average Bonchev–Trinajstić information content (AvgIpc) is 3.01. The van der Waals surface area contributed by atoms with Crippen molar-refractivity contribution in [3.8, 4) is 0 Å². The van der Waals surface area contributed by atoms with Gasteiger partial charge in [-0.1, -0.05) is 0 Å². The van der Waals surface area contributed by atoms with Gasteiger partial charge in [0.1, 0.15) is 5.82 Å². The topological polar surface area (TPSA) is 36.4 Å². The third-order valence-electron chi connectivity index (χ3n) is 3.98. The lowest BCUT2D eigenvalue weighted by atomic mass is 10.1. The summed E-state index contributed by atoms with van der Waals surface area (Å²) in [6.07, 6.45) is 5.59. The Morgan fingerprint density at radius 2 is 2.00 bits per heavy atom. The Morgan fingerprint density at radius 3 is 2.65 bits per heavy atom. The van der Waals surface area contributed by atoms with Crippen LogP contribution in [-0.2, 0) is 11.2 Å². The first-order chi connectivity index (χ1) is 9.74. The first-order valence-electron chi connectivity index (χ1n) is 7.72. The van der Waals surface area contributed by atoms with E-state index in [1.807, 2.05) is 17.2 Å². The largest absolute Gasteiger partial charge is 0.357 e. The molecule has 4 heteroatoms. The summed E-state index contributed by atoms with van der Waals surface area (Å²) in [5.74, 6) is 1.31. The summed E-state index contributed by atoms with van der Waals surface area (Å²) < 4.78 is 0. The highest BCUT2D eigenvalue weighted by atomic mass is 16.2. The van der Waals surface area contributed by atoms with E-state index in [1.165, 1.54) is 5.56 Å². The highest BCUT2D eigenvalue weighted by Crippen LogP contribution is 2.15. The predicted molar refractivity (Wildman–Crippen MR) is 81.9 cm³/mol. The number of amides is 1. The van der Waals surface area contributed by atoms with Gasteiger partial charge in [-0.3, -0.25) is 4.79 Å². The molecule has 0 saturated carbocycles. The lowest BCUT2D eigenvalue weighted by Crippen LogP contribution is -2.27. The highest BCUT2D eigenvalue weighted by Gasteiger charge is 2.17. The number of likely N-dealkylation sites (tertiary alicyclic amines) is 1. The van der Waals surface area contributed by atoms with Crippen molar-refractivity contribution < 1.29 is 4.79 Å². The first-order valence-corrected chi connectivity index (χ1v) is 7.72. The summed E-state index contributed by atoms with van der Waals surface area (Å²) in [6, 6.07) is 4.13. The lowest BCUT2D eigenvalue weighted by Gasteiger charge is -2.20.